The molecule has 1 N–H and O–H groups in total. The highest BCUT2D eigenvalue weighted by Crippen LogP contribution is 2.25. The first kappa shape index (κ1) is 14.4. The van der Waals surface area contributed by atoms with Crippen LogP contribution in [-0.4, -0.2) is 19.0 Å². The molecular weight excluding hydrogens is 247 g/mol. The van der Waals surface area contributed by atoms with Crippen LogP contribution < -0.4 is 5.32 Å². The first-order valence-electron chi connectivity index (χ1n) is 5.44. The molecule has 0 bridgehead atoms. The van der Waals surface area contributed by atoms with Crippen LogP contribution in [0.3, 0.4) is 0 Å². The van der Waals surface area contributed by atoms with E-state index >= 15 is 0 Å². The summed E-state index contributed by atoms with van der Waals surface area (Å²) in [6.07, 6.45) is -4.55. The predicted octanol–water partition coefficient (Wildman–Crippen LogP) is 3.84. The third kappa shape index (κ3) is 6.58. The Morgan fingerprint density at radius 1 is 1.18 bits per heavy atom. The van der Waals surface area contributed by atoms with Crippen LogP contribution in [0.1, 0.15) is 18.4 Å². The Balaban J connectivity index is 2.27. The van der Waals surface area contributed by atoms with E-state index < -0.39 is 12.6 Å². The molecule has 1 aromatic carbocycles. The summed E-state index contributed by atoms with van der Waals surface area (Å²) in [5.41, 5.74) is 1.17. The van der Waals surface area contributed by atoms with E-state index in [0.29, 0.717) is 5.75 Å². The molecule has 0 saturated heterocycles. The van der Waals surface area contributed by atoms with Gasteiger partial charge in [-0.3, -0.25) is 0 Å². The number of hydrogen-bond acceptors (Lipinski definition) is 2. The highest BCUT2D eigenvalue weighted by molar-refractivity contribution is 7.99. The van der Waals surface area contributed by atoms with Gasteiger partial charge in [-0.05, 0) is 36.9 Å². The summed E-state index contributed by atoms with van der Waals surface area (Å²) in [6.45, 7) is 0.805. The van der Waals surface area contributed by atoms with Crippen molar-refractivity contribution in [2.24, 2.45) is 0 Å². The fraction of sp³-hybridized carbons (Fsp3) is 0.500. The lowest BCUT2D eigenvalue weighted by Crippen LogP contribution is -2.06. The maximum absolute atomic E-state index is 11.9. The molecule has 1 nitrogen and oxygen atoms in total. The first-order chi connectivity index (χ1) is 8.01. The number of alkyl halides is 3. The van der Waals surface area contributed by atoms with Gasteiger partial charge in [0, 0.05) is 17.9 Å². The monoisotopic (exact) mass is 263 g/mol. The molecule has 0 aliphatic carbocycles. The number of rotatable bonds is 6. The van der Waals surface area contributed by atoms with Crippen molar-refractivity contribution in [3.63, 3.8) is 0 Å². The molecule has 1 rings (SSSR count). The van der Waals surface area contributed by atoms with Gasteiger partial charge in [-0.15, -0.1) is 11.8 Å². The van der Waals surface area contributed by atoms with Crippen molar-refractivity contribution in [3.05, 3.63) is 29.8 Å². The van der Waals surface area contributed by atoms with Gasteiger partial charge >= 0.3 is 6.18 Å². The molecule has 0 spiro atoms. The van der Waals surface area contributed by atoms with Gasteiger partial charge in [-0.25, -0.2) is 0 Å². The predicted molar refractivity (Wildman–Crippen MR) is 65.2 cm³/mol. The molecule has 0 heterocycles. The van der Waals surface area contributed by atoms with E-state index in [0.717, 1.165) is 11.4 Å². The smallest absolute Gasteiger partial charge is 0.316 e. The average Bonchev–Trinajstić information content (AvgIpc) is 2.26. The molecule has 0 aliphatic rings. The number of halogens is 3. The largest absolute Gasteiger partial charge is 0.389 e. The van der Waals surface area contributed by atoms with Crippen LogP contribution in [0.15, 0.2) is 29.2 Å². The lowest BCUT2D eigenvalue weighted by Gasteiger charge is -2.06. The van der Waals surface area contributed by atoms with Crippen LogP contribution >= 0.6 is 11.8 Å². The van der Waals surface area contributed by atoms with Crippen molar-refractivity contribution in [2.45, 2.75) is 30.5 Å². The molecule has 0 saturated carbocycles. The standard InChI is InChI=1S/C12H16F3NS/c1-16-9-10-3-5-11(6-4-10)17-8-2-7-12(13,14)15/h3-6,16H,2,7-9H2,1H3. The van der Waals surface area contributed by atoms with Gasteiger partial charge in [0.05, 0.1) is 0 Å². The van der Waals surface area contributed by atoms with Crippen LogP contribution in [-0.2, 0) is 6.54 Å². The first-order valence-corrected chi connectivity index (χ1v) is 6.43. The van der Waals surface area contributed by atoms with Crippen LogP contribution in [0, 0.1) is 0 Å². The SMILES string of the molecule is CNCc1ccc(SCCCC(F)(F)F)cc1. The fourth-order valence-corrected chi connectivity index (χ4v) is 2.22. The van der Waals surface area contributed by atoms with Gasteiger partial charge in [0.1, 0.15) is 0 Å². The Morgan fingerprint density at radius 2 is 1.82 bits per heavy atom. The number of benzene rings is 1. The Bertz CT molecular complexity index is 322. The van der Waals surface area contributed by atoms with Gasteiger partial charge < -0.3 is 5.32 Å². The zero-order chi connectivity index (χ0) is 12.7. The molecule has 0 fully saturated rings. The molecule has 0 aromatic heterocycles. The average molecular weight is 263 g/mol. The minimum absolute atomic E-state index is 0.173. The summed E-state index contributed by atoms with van der Waals surface area (Å²) in [7, 11) is 1.87. The van der Waals surface area contributed by atoms with Gasteiger partial charge in [0.2, 0.25) is 0 Å². The van der Waals surface area contributed by atoms with E-state index in [1.165, 1.54) is 17.3 Å². The van der Waals surface area contributed by atoms with Crippen molar-refractivity contribution < 1.29 is 13.2 Å². The minimum atomic E-state index is -4.03. The summed E-state index contributed by atoms with van der Waals surface area (Å²) in [6, 6.07) is 7.88. The van der Waals surface area contributed by atoms with Crippen LogP contribution in [0.25, 0.3) is 0 Å². The Kier molecular flexibility index (Phi) is 5.85. The van der Waals surface area contributed by atoms with Crippen LogP contribution in [0.4, 0.5) is 13.2 Å². The van der Waals surface area contributed by atoms with Crippen LogP contribution in [0.2, 0.25) is 0 Å². The topological polar surface area (TPSA) is 12.0 Å². The van der Waals surface area contributed by atoms with E-state index in [4.69, 9.17) is 0 Å². The number of thioether (sulfide) groups is 1. The fourth-order valence-electron chi connectivity index (χ4n) is 1.37. The maximum atomic E-state index is 11.9. The van der Waals surface area contributed by atoms with Crippen molar-refractivity contribution in [1.29, 1.82) is 0 Å². The van der Waals surface area contributed by atoms with E-state index in [1.54, 1.807) is 0 Å². The Labute approximate surface area is 104 Å². The molecule has 96 valence electrons. The molecule has 17 heavy (non-hydrogen) atoms. The highest BCUT2D eigenvalue weighted by atomic mass is 32.2. The second-order valence-electron chi connectivity index (χ2n) is 3.74. The molecular formula is C12H16F3NS. The number of nitrogens with one attached hydrogen (secondary N) is 1. The van der Waals surface area contributed by atoms with Gasteiger partial charge in [0.25, 0.3) is 0 Å². The van der Waals surface area contributed by atoms with Gasteiger partial charge in [0.15, 0.2) is 0 Å². The summed E-state index contributed by atoms with van der Waals surface area (Å²) in [5, 5.41) is 3.04. The van der Waals surface area contributed by atoms with Gasteiger partial charge in [-0.1, -0.05) is 12.1 Å². The van der Waals surface area contributed by atoms with Crippen molar-refractivity contribution in [2.75, 3.05) is 12.8 Å². The zero-order valence-corrected chi connectivity index (χ0v) is 10.5. The zero-order valence-electron chi connectivity index (χ0n) is 9.68. The number of hydrogen-bond donors (Lipinski definition) is 1. The molecule has 0 atom stereocenters. The lowest BCUT2D eigenvalue weighted by atomic mass is 10.2. The summed E-state index contributed by atoms with van der Waals surface area (Å²) >= 11 is 1.47. The Hall–Kier alpha value is -0.680. The molecule has 0 unspecified atom stereocenters. The summed E-state index contributed by atoms with van der Waals surface area (Å²) < 4.78 is 35.7. The molecule has 5 heteroatoms. The second-order valence-corrected chi connectivity index (χ2v) is 4.91. The van der Waals surface area contributed by atoms with E-state index in [9.17, 15) is 13.2 Å². The van der Waals surface area contributed by atoms with E-state index in [2.05, 4.69) is 5.32 Å². The molecule has 0 amide bonds. The molecule has 0 aliphatic heterocycles. The normalized spacial score (nSPS) is 11.8. The lowest BCUT2D eigenvalue weighted by molar-refractivity contribution is -0.134. The Morgan fingerprint density at radius 3 is 2.35 bits per heavy atom. The molecule has 1 aromatic rings. The van der Waals surface area contributed by atoms with Crippen molar-refractivity contribution in [3.8, 4) is 0 Å². The van der Waals surface area contributed by atoms with Crippen molar-refractivity contribution >= 4 is 11.8 Å². The summed E-state index contributed by atoms with van der Waals surface area (Å²) in [4.78, 5) is 1.02. The highest BCUT2D eigenvalue weighted by Gasteiger charge is 2.25. The van der Waals surface area contributed by atoms with Crippen LogP contribution in [0.5, 0.6) is 0 Å². The minimum Gasteiger partial charge on any atom is -0.316 e. The van der Waals surface area contributed by atoms with E-state index in [1.807, 2.05) is 31.3 Å². The summed E-state index contributed by atoms with van der Waals surface area (Å²) in [5.74, 6) is 0.505. The van der Waals surface area contributed by atoms with Crippen molar-refractivity contribution in [1.82, 2.24) is 5.32 Å². The second kappa shape index (κ2) is 6.91. The quantitative estimate of drug-likeness (QED) is 0.618. The molecule has 0 radical (unpaired) electrons. The van der Waals surface area contributed by atoms with Gasteiger partial charge in [-0.2, -0.15) is 13.2 Å². The third-order valence-electron chi connectivity index (χ3n) is 2.18. The third-order valence-corrected chi connectivity index (χ3v) is 3.28. The van der Waals surface area contributed by atoms with E-state index in [-0.39, 0.29) is 6.42 Å². The maximum Gasteiger partial charge on any atom is 0.389 e.